The van der Waals surface area contributed by atoms with Crippen molar-refractivity contribution in [1.82, 2.24) is 0 Å². The zero-order valence-corrected chi connectivity index (χ0v) is 11.1. The van der Waals surface area contributed by atoms with Crippen LogP contribution in [-0.4, -0.2) is 50.8 Å². The molecule has 3 N–H and O–H groups in total. The van der Waals surface area contributed by atoms with E-state index in [1.54, 1.807) is 0 Å². The molecule has 0 saturated heterocycles. The van der Waals surface area contributed by atoms with E-state index in [1.807, 2.05) is 0 Å². The summed E-state index contributed by atoms with van der Waals surface area (Å²) < 4.78 is 15.3. The largest absolute Gasteiger partial charge is 0.379 e. The number of carbonyl (C=O) groups excluding carboxylic acids is 1. The van der Waals surface area contributed by atoms with Crippen LogP contribution in [-0.2, 0) is 19.0 Å². The molecule has 1 amide bonds. The van der Waals surface area contributed by atoms with Crippen LogP contribution in [0.2, 0.25) is 0 Å². The van der Waals surface area contributed by atoms with Crippen LogP contribution in [0.5, 0.6) is 0 Å². The Labute approximate surface area is 108 Å². The van der Waals surface area contributed by atoms with Crippen LogP contribution < -0.4 is 5.73 Å². The highest BCUT2D eigenvalue weighted by Crippen LogP contribution is 2.07. The number of rotatable bonds is 13. The second-order valence-electron chi connectivity index (χ2n) is 4.19. The third kappa shape index (κ3) is 13.4. The van der Waals surface area contributed by atoms with Gasteiger partial charge in [0.05, 0.1) is 26.4 Å². The fourth-order valence-electron chi connectivity index (χ4n) is 1.39. The molecule has 0 heterocycles. The number of amides is 1. The van der Waals surface area contributed by atoms with E-state index in [0.29, 0.717) is 45.4 Å². The molecule has 0 aliphatic rings. The van der Waals surface area contributed by atoms with Crippen LogP contribution in [0.25, 0.3) is 0 Å². The normalized spacial score (nSPS) is 12.6. The summed E-state index contributed by atoms with van der Waals surface area (Å²) in [5.41, 5.74) is 5.06. The molecule has 0 aliphatic carbocycles. The maximum atomic E-state index is 10.5. The van der Waals surface area contributed by atoms with Gasteiger partial charge in [-0.3, -0.25) is 4.79 Å². The molecule has 6 heteroatoms. The van der Waals surface area contributed by atoms with Gasteiger partial charge in [0.25, 0.3) is 0 Å². The lowest BCUT2D eigenvalue weighted by atomic mass is 10.1. The Morgan fingerprint density at radius 2 is 1.78 bits per heavy atom. The molecule has 0 bridgehead atoms. The van der Waals surface area contributed by atoms with E-state index in [-0.39, 0.29) is 12.7 Å². The molecule has 1 unspecified atom stereocenters. The summed E-state index contributed by atoms with van der Waals surface area (Å²) >= 11 is 0. The van der Waals surface area contributed by atoms with Gasteiger partial charge in [0.2, 0.25) is 5.91 Å². The Kier molecular flexibility index (Phi) is 12.3. The van der Waals surface area contributed by atoms with Crippen LogP contribution >= 0.6 is 0 Å². The lowest BCUT2D eigenvalue weighted by Gasteiger charge is -2.11. The zero-order valence-electron chi connectivity index (χ0n) is 11.1. The third-order valence-corrected chi connectivity index (χ3v) is 2.36. The van der Waals surface area contributed by atoms with Crippen LogP contribution in [0.15, 0.2) is 0 Å². The van der Waals surface area contributed by atoms with E-state index in [9.17, 15) is 4.79 Å². The highest BCUT2D eigenvalue weighted by atomic mass is 16.6. The molecule has 0 rings (SSSR count). The van der Waals surface area contributed by atoms with Gasteiger partial charge in [-0.15, -0.1) is 0 Å². The monoisotopic (exact) mass is 263 g/mol. The fourth-order valence-corrected chi connectivity index (χ4v) is 1.39. The maximum absolute atomic E-state index is 10.5. The SMILES string of the molecule is CC(CCCC(N)=O)COCCOCCOCO. The lowest BCUT2D eigenvalue weighted by Crippen LogP contribution is -2.14. The Bertz CT molecular complexity index is 201. The van der Waals surface area contributed by atoms with Crippen molar-refractivity contribution in [3.63, 3.8) is 0 Å². The lowest BCUT2D eigenvalue weighted by molar-refractivity contribution is -0.118. The molecule has 18 heavy (non-hydrogen) atoms. The molecule has 0 fully saturated rings. The average Bonchev–Trinajstić information content (AvgIpc) is 2.32. The maximum Gasteiger partial charge on any atom is 0.217 e. The molecule has 0 aromatic heterocycles. The van der Waals surface area contributed by atoms with Crippen molar-refractivity contribution in [3.8, 4) is 0 Å². The first-order valence-electron chi connectivity index (χ1n) is 6.29. The first-order chi connectivity index (χ1) is 8.66. The number of hydrogen-bond donors (Lipinski definition) is 2. The molecular formula is C12H25NO5. The summed E-state index contributed by atoms with van der Waals surface area (Å²) in [6, 6.07) is 0. The van der Waals surface area contributed by atoms with Crippen molar-refractivity contribution >= 4 is 5.91 Å². The van der Waals surface area contributed by atoms with Crippen molar-refractivity contribution in [2.45, 2.75) is 26.2 Å². The van der Waals surface area contributed by atoms with E-state index in [1.165, 1.54) is 0 Å². The number of aliphatic hydroxyl groups excluding tert-OH is 1. The van der Waals surface area contributed by atoms with Gasteiger partial charge in [-0.25, -0.2) is 0 Å². The minimum Gasteiger partial charge on any atom is -0.379 e. The van der Waals surface area contributed by atoms with Crippen LogP contribution in [0.3, 0.4) is 0 Å². The minimum absolute atomic E-state index is 0.249. The number of primary amides is 1. The zero-order chi connectivity index (χ0) is 13.6. The summed E-state index contributed by atoms with van der Waals surface area (Å²) in [4.78, 5) is 10.5. The molecule has 0 aliphatic heterocycles. The average molecular weight is 263 g/mol. The fraction of sp³-hybridized carbons (Fsp3) is 0.917. The Morgan fingerprint density at radius 3 is 2.39 bits per heavy atom. The van der Waals surface area contributed by atoms with Crippen molar-refractivity contribution < 1.29 is 24.1 Å². The summed E-state index contributed by atoms with van der Waals surface area (Å²) in [6.07, 6.45) is 2.20. The first-order valence-corrected chi connectivity index (χ1v) is 6.29. The standard InChI is InChI=1S/C12H25NO5/c1-11(3-2-4-12(13)15)9-17-7-5-16-6-8-18-10-14/h11,14H,2-10H2,1H3,(H2,13,15). The Morgan fingerprint density at radius 1 is 1.17 bits per heavy atom. The number of carbonyl (C=O) groups is 1. The van der Waals surface area contributed by atoms with E-state index < -0.39 is 0 Å². The predicted molar refractivity (Wildman–Crippen MR) is 66.9 cm³/mol. The summed E-state index contributed by atoms with van der Waals surface area (Å²) in [5, 5.41) is 8.34. The van der Waals surface area contributed by atoms with Gasteiger partial charge in [-0.05, 0) is 18.8 Å². The van der Waals surface area contributed by atoms with Gasteiger partial charge in [0.1, 0.15) is 6.79 Å². The molecular weight excluding hydrogens is 238 g/mol. The Hall–Kier alpha value is -0.690. The van der Waals surface area contributed by atoms with Crippen LogP contribution in [0.4, 0.5) is 0 Å². The summed E-state index contributed by atoms with van der Waals surface area (Å²) in [5.74, 6) is 0.170. The van der Waals surface area contributed by atoms with Crippen molar-refractivity contribution in [3.05, 3.63) is 0 Å². The van der Waals surface area contributed by atoms with Gasteiger partial charge >= 0.3 is 0 Å². The highest BCUT2D eigenvalue weighted by Gasteiger charge is 2.03. The molecule has 0 saturated carbocycles. The quantitative estimate of drug-likeness (QED) is 0.368. The van der Waals surface area contributed by atoms with Crippen molar-refractivity contribution in [2.75, 3.05) is 39.8 Å². The van der Waals surface area contributed by atoms with E-state index in [0.717, 1.165) is 12.8 Å². The van der Waals surface area contributed by atoms with Gasteiger partial charge in [-0.1, -0.05) is 6.92 Å². The molecule has 0 spiro atoms. The Balaban J connectivity index is 3.15. The highest BCUT2D eigenvalue weighted by molar-refractivity contribution is 5.73. The number of aliphatic hydroxyl groups is 1. The minimum atomic E-state index is -0.275. The van der Waals surface area contributed by atoms with Gasteiger partial charge in [0, 0.05) is 13.0 Å². The van der Waals surface area contributed by atoms with Crippen molar-refractivity contribution in [1.29, 1.82) is 0 Å². The third-order valence-electron chi connectivity index (χ3n) is 2.36. The summed E-state index contributed by atoms with van der Waals surface area (Å²) in [6.45, 7) is 4.37. The summed E-state index contributed by atoms with van der Waals surface area (Å²) in [7, 11) is 0. The molecule has 0 aromatic carbocycles. The van der Waals surface area contributed by atoms with Crippen LogP contribution in [0.1, 0.15) is 26.2 Å². The first kappa shape index (κ1) is 17.3. The topological polar surface area (TPSA) is 91.0 Å². The van der Waals surface area contributed by atoms with E-state index in [4.69, 9.17) is 25.1 Å². The van der Waals surface area contributed by atoms with E-state index >= 15 is 0 Å². The van der Waals surface area contributed by atoms with Gasteiger partial charge < -0.3 is 25.1 Å². The molecule has 0 radical (unpaired) electrons. The van der Waals surface area contributed by atoms with Crippen molar-refractivity contribution in [2.24, 2.45) is 11.7 Å². The smallest absolute Gasteiger partial charge is 0.217 e. The number of nitrogens with two attached hydrogens (primary N) is 1. The molecule has 108 valence electrons. The van der Waals surface area contributed by atoms with Gasteiger partial charge in [-0.2, -0.15) is 0 Å². The molecule has 1 atom stereocenters. The number of hydrogen-bond acceptors (Lipinski definition) is 5. The molecule has 0 aromatic rings. The second-order valence-corrected chi connectivity index (χ2v) is 4.19. The van der Waals surface area contributed by atoms with Crippen LogP contribution in [0, 0.1) is 5.92 Å². The van der Waals surface area contributed by atoms with Gasteiger partial charge in [0.15, 0.2) is 0 Å². The predicted octanol–water partition coefficient (Wildman–Crippen LogP) is 0.278. The number of ether oxygens (including phenoxy) is 3. The molecule has 6 nitrogen and oxygen atoms in total. The van der Waals surface area contributed by atoms with E-state index in [2.05, 4.69) is 6.92 Å². The second kappa shape index (κ2) is 12.8.